The molecule has 5 heteroatoms. The highest BCUT2D eigenvalue weighted by Crippen LogP contribution is 2.18. The zero-order valence-corrected chi connectivity index (χ0v) is 6.83. The number of pyridine rings is 1. The fourth-order valence-corrected chi connectivity index (χ4v) is 0.756. The maximum absolute atomic E-state index is 12.1. The number of rotatable bonds is 2. The number of aromatic nitrogens is 1. The van der Waals surface area contributed by atoms with E-state index in [1.807, 2.05) is 0 Å². The van der Waals surface area contributed by atoms with Crippen molar-refractivity contribution in [1.82, 2.24) is 4.98 Å². The normalized spacial score (nSPS) is 10.2. The monoisotopic (exact) mass is 187 g/mol. The van der Waals surface area contributed by atoms with E-state index < -0.39 is 18.1 Å². The number of nitrogens with zero attached hydrogens (tertiary/aromatic N) is 1. The molecule has 0 saturated heterocycles. The second kappa shape index (κ2) is 3.93. The van der Waals surface area contributed by atoms with E-state index in [2.05, 4.69) is 9.72 Å². The predicted octanol–water partition coefficient (Wildman–Crippen LogP) is 1.94. The Morgan fingerprint density at radius 1 is 1.54 bits per heavy atom. The molecule has 0 aliphatic carbocycles. The van der Waals surface area contributed by atoms with Crippen LogP contribution in [0.4, 0.5) is 8.78 Å². The molecule has 0 fully saturated rings. The van der Waals surface area contributed by atoms with Gasteiger partial charge in [-0.05, 0) is 6.07 Å². The van der Waals surface area contributed by atoms with Gasteiger partial charge in [-0.3, -0.25) is 4.79 Å². The number of esters is 1. The molecule has 0 aliphatic heterocycles. The zero-order valence-electron chi connectivity index (χ0n) is 6.83. The van der Waals surface area contributed by atoms with Crippen LogP contribution in [0.5, 0.6) is 5.88 Å². The van der Waals surface area contributed by atoms with Crippen LogP contribution in [0.15, 0.2) is 18.2 Å². The topological polar surface area (TPSA) is 39.2 Å². The minimum absolute atomic E-state index is 0.106. The Balaban J connectivity index is 2.85. The number of hydrogen-bond donors (Lipinski definition) is 0. The smallest absolute Gasteiger partial charge is 0.309 e. The molecule has 0 unspecified atom stereocenters. The van der Waals surface area contributed by atoms with Crippen molar-refractivity contribution >= 4 is 5.97 Å². The highest BCUT2D eigenvalue weighted by molar-refractivity contribution is 5.68. The maximum Gasteiger partial charge on any atom is 0.309 e. The van der Waals surface area contributed by atoms with E-state index >= 15 is 0 Å². The molecule has 0 atom stereocenters. The molecule has 3 nitrogen and oxygen atoms in total. The van der Waals surface area contributed by atoms with Gasteiger partial charge in [-0.15, -0.1) is 0 Å². The summed E-state index contributed by atoms with van der Waals surface area (Å²) >= 11 is 0. The number of halogens is 2. The Kier molecular flexibility index (Phi) is 2.89. The van der Waals surface area contributed by atoms with Gasteiger partial charge in [0.25, 0.3) is 6.43 Å². The van der Waals surface area contributed by atoms with Crippen molar-refractivity contribution in [2.75, 3.05) is 0 Å². The summed E-state index contributed by atoms with van der Waals surface area (Å²) in [5.41, 5.74) is -0.404. The third kappa shape index (κ3) is 2.77. The van der Waals surface area contributed by atoms with Crippen molar-refractivity contribution in [1.29, 1.82) is 0 Å². The van der Waals surface area contributed by atoms with Crippen LogP contribution >= 0.6 is 0 Å². The SMILES string of the molecule is CC(=O)Oc1cccc(C(F)F)n1. The Hall–Kier alpha value is -1.52. The van der Waals surface area contributed by atoms with Crippen LogP contribution in [0, 0.1) is 0 Å². The average molecular weight is 187 g/mol. The third-order valence-electron chi connectivity index (χ3n) is 1.22. The quantitative estimate of drug-likeness (QED) is 0.664. The fourth-order valence-electron chi connectivity index (χ4n) is 0.756. The fraction of sp³-hybridized carbons (Fsp3) is 0.250. The van der Waals surface area contributed by atoms with Gasteiger partial charge >= 0.3 is 5.97 Å². The lowest BCUT2D eigenvalue weighted by molar-refractivity contribution is -0.132. The Labute approximate surface area is 73.4 Å². The minimum Gasteiger partial charge on any atom is -0.408 e. The first kappa shape index (κ1) is 9.57. The predicted molar refractivity (Wildman–Crippen MR) is 40.5 cm³/mol. The van der Waals surface area contributed by atoms with Crippen molar-refractivity contribution < 1.29 is 18.3 Å². The molecule has 0 bridgehead atoms. The minimum atomic E-state index is -2.66. The molecule has 0 radical (unpaired) electrons. The Morgan fingerprint density at radius 3 is 2.77 bits per heavy atom. The zero-order chi connectivity index (χ0) is 9.84. The molecular formula is C8H7F2NO2. The molecule has 1 aromatic heterocycles. The van der Waals surface area contributed by atoms with E-state index in [9.17, 15) is 13.6 Å². The summed E-state index contributed by atoms with van der Waals surface area (Å²) in [4.78, 5) is 13.9. The highest BCUT2D eigenvalue weighted by atomic mass is 19.3. The molecule has 0 aliphatic rings. The van der Waals surface area contributed by atoms with Gasteiger partial charge in [0.2, 0.25) is 5.88 Å². The second-order valence-electron chi connectivity index (χ2n) is 2.30. The molecule has 70 valence electrons. The van der Waals surface area contributed by atoms with E-state index in [0.717, 1.165) is 6.07 Å². The summed E-state index contributed by atoms with van der Waals surface area (Å²) in [7, 11) is 0. The van der Waals surface area contributed by atoms with E-state index in [1.165, 1.54) is 19.1 Å². The van der Waals surface area contributed by atoms with Crippen molar-refractivity contribution in [3.05, 3.63) is 23.9 Å². The first-order valence-corrected chi connectivity index (χ1v) is 3.53. The summed E-state index contributed by atoms with van der Waals surface area (Å²) in [6.45, 7) is 1.18. The van der Waals surface area contributed by atoms with E-state index in [4.69, 9.17) is 0 Å². The van der Waals surface area contributed by atoms with Gasteiger partial charge in [0, 0.05) is 13.0 Å². The van der Waals surface area contributed by atoms with Crippen molar-refractivity contribution in [2.45, 2.75) is 13.3 Å². The van der Waals surface area contributed by atoms with Gasteiger partial charge in [-0.25, -0.2) is 13.8 Å². The number of carbonyl (C=O) groups is 1. The van der Waals surface area contributed by atoms with Crippen LogP contribution in [0.1, 0.15) is 19.0 Å². The van der Waals surface area contributed by atoms with Gasteiger partial charge in [-0.1, -0.05) is 6.07 Å². The molecular weight excluding hydrogens is 180 g/mol. The highest BCUT2D eigenvalue weighted by Gasteiger charge is 2.09. The number of ether oxygens (including phenoxy) is 1. The number of hydrogen-bond acceptors (Lipinski definition) is 3. The Bertz CT molecular complexity index is 315. The van der Waals surface area contributed by atoms with Gasteiger partial charge in [0.05, 0.1) is 0 Å². The van der Waals surface area contributed by atoms with E-state index in [-0.39, 0.29) is 5.88 Å². The third-order valence-corrected chi connectivity index (χ3v) is 1.22. The standard InChI is InChI=1S/C8H7F2NO2/c1-5(12)13-7-4-2-3-6(11-7)8(9)10/h2-4,8H,1H3. The van der Waals surface area contributed by atoms with Crippen molar-refractivity contribution in [2.24, 2.45) is 0 Å². The molecule has 1 rings (SSSR count). The molecule has 1 heterocycles. The van der Waals surface area contributed by atoms with E-state index in [1.54, 1.807) is 0 Å². The first-order chi connectivity index (χ1) is 6.09. The molecule has 13 heavy (non-hydrogen) atoms. The summed E-state index contributed by atoms with van der Waals surface area (Å²) in [6, 6.07) is 3.86. The Morgan fingerprint density at radius 2 is 2.23 bits per heavy atom. The average Bonchev–Trinajstić information content (AvgIpc) is 2.03. The number of carbonyl (C=O) groups excluding carboxylic acids is 1. The van der Waals surface area contributed by atoms with Gasteiger partial charge in [-0.2, -0.15) is 0 Å². The van der Waals surface area contributed by atoms with Crippen LogP contribution in [0.2, 0.25) is 0 Å². The van der Waals surface area contributed by atoms with Crippen LogP contribution in [-0.4, -0.2) is 11.0 Å². The van der Waals surface area contributed by atoms with Crippen LogP contribution in [-0.2, 0) is 4.79 Å². The van der Waals surface area contributed by atoms with Crippen molar-refractivity contribution in [3.63, 3.8) is 0 Å². The largest absolute Gasteiger partial charge is 0.408 e. The van der Waals surface area contributed by atoms with Crippen LogP contribution < -0.4 is 4.74 Å². The van der Waals surface area contributed by atoms with Crippen molar-refractivity contribution in [3.8, 4) is 5.88 Å². The summed E-state index contributed by atoms with van der Waals surface area (Å²) in [6.07, 6.45) is -2.66. The molecule has 0 aromatic carbocycles. The molecule has 0 amide bonds. The second-order valence-corrected chi connectivity index (χ2v) is 2.30. The van der Waals surface area contributed by atoms with Crippen LogP contribution in [0.3, 0.4) is 0 Å². The lowest BCUT2D eigenvalue weighted by atomic mass is 10.3. The summed E-state index contributed by atoms with van der Waals surface area (Å²) in [5.74, 6) is -0.691. The summed E-state index contributed by atoms with van der Waals surface area (Å²) < 4.78 is 28.7. The van der Waals surface area contributed by atoms with E-state index in [0.29, 0.717) is 0 Å². The number of alkyl halides is 2. The molecule has 0 spiro atoms. The van der Waals surface area contributed by atoms with Crippen LogP contribution in [0.25, 0.3) is 0 Å². The molecule has 0 N–H and O–H groups in total. The summed E-state index contributed by atoms with van der Waals surface area (Å²) in [5, 5.41) is 0. The lowest BCUT2D eigenvalue weighted by Gasteiger charge is -2.02. The maximum atomic E-state index is 12.1. The van der Waals surface area contributed by atoms with Gasteiger partial charge in [0.1, 0.15) is 5.69 Å². The van der Waals surface area contributed by atoms with Gasteiger partial charge in [0.15, 0.2) is 0 Å². The lowest BCUT2D eigenvalue weighted by Crippen LogP contribution is -2.04. The first-order valence-electron chi connectivity index (χ1n) is 3.53. The molecule has 1 aromatic rings. The molecule has 0 saturated carbocycles. The van der Waals surface area contributed by atoms with Gasteiger partial charge < -0.3 is 4.74 Å².